The van der Waals surface area contributed by atoms with E-state index in [1.807, 2.05) is 24.3 Å². The van der Waals surface area contributed by atoms with Crippen LogP contribution in [0.25, 0.3) is 0 Å². The fourth-order valence-corrected chi connectivity index (χ4v) is 2.78. The van der Waals surface area contributed by atoms with E-state index in [0.717, 1.165) is 13.1 Å². The molecular weight excluding hydrogens is 278 g/mol. The molecule has 5 heteroatoms. The Kier molecular flexibility index (Phi) is 3.96. The van der Waals surface area contributed by atoms with E-state index in [1.54, 1.807) is 19.2 Å². The molecule has 0 saturated carbocycles. The number of aromatic nitrogens is 1. The molecule has 2 heterocycles. The predicted octanol–water partition coefficient (Wildman–Crippen LogP) is 2.54. The Balaban J connectivity index is 1.75. The minimum absolute atomic E-state index is 0.158. The molecule has 1 fully saturated rings. The van der Waals surface area contributed by atoms with Gasteiger partial charge in [-0.3, -0.25) is 9.59 Å². The van der Waals surface area contributed by atoms with Crippen LogP contribution in [0.5, 0.6) is 0 Å². The highest BCUT2D eigenvalue weighted by molar-refractivity contribution is 6.05. The van der Waals surface area contributed by atoms with E-state index in [0.29, 0.717) is 11.3 Å². The zero-order valence-corrected chi connectivity index (χ0v) is 12.6. The van der Waals surface area contributed by atoms with Crippen molar-refractivity contribution in [2.24, 2.45) is 0 Å². The number of pyridine rings is 1. The van der Waals surface area contributed by atoms with Gasteiger partial charge in [0.05, 0.1) is 0 Å². The summed E-state index contributed by atoms with van der Waals surface area (Å²) in [5.41, 5.74) is 2.31. The molecule has 1 aliphatic heterocycles. The number of hydrogen-bond donors (Lipinski definition) is 2. The Hall–Kier alpha value is -2.56. The first-order chi connectivity index (χ1) is 10.6. The molecule has 0 spiro atoms. The maximum Gasteiger partial charge on any atom is 0.261 e. The van der Waals surface area contributed by atoms with Crippen LogP contribution < -0.4 is 15.8 Å². The largest absolute Gasteiger partial charge is 0.372 e. The van der Waals surface area contributed by atoms with Gasteiger partial charge in [-0.2, -0.15) is 0 Å². The van der Waals surface area contributed by atoms with Crippen molar-refractivity contribution in [3.63, 3.8) is 0 Å². The van der Waals surface area contributed by atoms with Crippen molar-refractivity contribution >= 4 is 17.3 Å². The van der Waals surface area contributed by atoms with E-state index in [9.17, 15) is 9.59 Å². The van der Waals surface area contributed by atoms with Crippen LogP contribution >= 0.6 is 0 Å². The van der Waals surface area contributed by atoms with E-state index in [-0.39, 0.29) is 17.0 Å². The summed E-state index contributed by atoms with van der Waals surface area (Å²) in [6, 6.07) is 9.47. The SMILES string of the molecule is Cc1cc[nH]c(=O)c1C(=O)Nc1ccc(N2CCCC2)cc1. The molecule has 2 N–H and O–H groups in total. The summed E-state index contributed by atoms with van der Waals surface area (Å²) in [5.74, 6) is -0.381. The molecule has 1 saturated heterocycles. The summed E-state index contributed by atoms with van der Waals surface area (Å²) in [6.45, 7) is 3.93. The van der Waals surface area contributed by atoms with Gasteiger partial charge in [0.25, 0.3) is 11.5 Å². The smallest absolute Gasteiger partial charge is 0.261 e. The van der Waals surface area contributed by atoms with Crippen molar-refractivity contribution in [2.75, 3.05) is 23.3 Å². The van der Waals surface area contributed by atoms with Crippen LogP contribution in [0.3, 0.4) is 0 Å². The number of aromatic amines is 1. The number of carbonyl (C=O) groups is 1. The van der Waals surface area contributed by atoms with Gasteiger partial charge in [0.2, 0.25) is 0 Å². The first-order valence-electron chi connectivity index (χ1n) is 7.50. The monoisotopic (exact) mass is 297 g/mol. The number of nitrogens with zero attached hydrogens (tertiary/aromatic N) is 1. The lowest BCUT2D eigenvalue weighted by Gasteiger charge is -2.17. The minimum atomic E-state index is -0.381. The van der Waals surface area contributed by atoms with E-state index >= 15 is 0 Å². The number of benzene rings is 1. The lowest BCUT2D eigenvalue weighted by molar-refractivity contribution is 0.102. The second-order valence-corrected chi connectivity index (χ2v) is 5.56. The molecule has 3 rings (SSSR count). The van der Waals surface area contributed by atoms with Crippen molar-refractivity contribution in [3.05, 3.63) is 58.0 Å². The van der Waals surface area contributed by atoms with Crippen molar-refractivity contribution < 1.29 is 4.79 Å². The summed E-state index contributed by atoms with van der Waals surface area (Å²) in [7, 11) is 0. The second kappa shape index (κ2) is 6.05. The van der Waals surface area contributed by atoms with Crippen LogP contribution in [0.15, 0.2) is 41.3 Å². The summed E-state index contributed by atoms with van der Waals surface area (Å²) < 4.78 is 0. The summed E-state index contributed by atoms with van der Waals surface area (Å²) in [5, 5.41) is 2.78. The van der Waals surface area contributed by atoms with E-state index in [2.05, 4.69) is 15.2 Å². The van der Waals surface area contributed by atoms with Crippen molar-refractivity contribution in [3.8, 4) is 0 Å². The molecule has 1 aliphatic rings. The molecule has 0 bridgehead atoms. The highest BCUT2D eigenvalue weighted by Gasteiger charge is 2.15. The van der Waals surface area contributed by atoms with Crippen LogP contribution in [0.4, 0.5) is 11.4 Å². The van der Waals surface area contributed by atoms with Crippen LogP contribution in [-0.2, 0) is 0 Å². The van der Waals surface area contributed by atoms with E-state index < -0.39 is 0 Å². The first-order valence-corrected chi connectivity index (χ1v) is 7.50. The maximum absolute atomic E-state index is 12.3. The molecular formula is C17H19N3O2. The number of carbonyl (C=O) groups excluding carboxylic acids is 1. The van der Waals surface area contributed by atoms with Gasteiger partial charge in [0.15, 0.2) is 0 Å². The quantitative estimate of drug-likeness (QED) is 0.915. The van der Waals surface area contributed by atoms with Crippen molar-refractivity contribution in [2.45, 2.75) is 19.8 Å². The molecule has 1 aromatic heterocycles. The lowest BCUT2D eigenvalue weighted by Crippen LogP contribution is -2.24. The summed E-state index contributed by atoms with van der Waals surface area (Å²) in [6.07, 6.45) is 4.00. The summed E-state index contributed by atoms with van der Waals surface area (Å²) in [4.78, 5) is 28.9. The molecule has 2 aromatic rings. The Morgan fingerprint density at radius 2 is 1.82 bits per heavy atom. The van der Waals surface area contributed by atoms with Gasteiger partial charge in [0, 0.05) is 30.7 Å². The fraction of sp³-hybridized carbons (Fsp3) is 0.294. The third kappa shape index (κ3) is 2.88. The van der Waals surface area contributed by atoms with Gasteiger partial charge < -0.3 is 15.2 Å². The van der Waals surface area contributed by atoms with Gasteiger partial charge >= 0.3 is 0 Å². The number of rotatable bonds is 3. The highest BCUT2D eigenvalue weighted by atomic mass is 16.2. The molecule has 0 radical (unpaired) electrons. The number of H-pyrrole nitrogens is 1. The zero-order chi connectivity index (χ0) is 15.5. The number of aryl methyl sites for hydroxylation is 1. The van der Waals surface area contributed by atoms with Crippen LogP contribution in [0.1, 0.15) is 28.8 Å². The van der Waals surface area contributed by atoms with Crippen molar-refractivity contribution in [1.29, 1.82) is 0 Å². The Morgan fingerprint density at radius 1 is 1.14 bits per heavy atom. The molecule has 0 aliphatic carbocycles. The third-order valence-corrected chi connectivity index (χ3v) is 3.99. The average molecular weight is 297 g/mol. The first kappa shape index (κ1) is 14.4. The molecule has 1 aromatic carbocycles. The van der Waals surface area contributed by atoms with Crippen LogP contribution in [0.2, 0.25) is 0 Å². The Morgan fingerprint density at radius 3 is 2.45 bits per heavy atom. The number of anilines is 2. The Labute approximate surface area is 129 Å². The average Bonchev–Trinajstić information content (AvgIpc) is 3.02. The molecule has 22 heavy (non-hydrogen) atoms. The standard InChI is InChI=1S/C17H19N3O2/c1-12-8-9-18-16(21)15(12)17(22)19-13-4-6-14(7-5-13)20-10-2-3-11-20/h4-9H,2-3,10-11H2,1H3,(H,18,21)(H,19,22). The number of nitrogens with one attached hydrogen (secondary N) is 2. The molecule has 0 unspecified atom stereocenters. The predicted molar refractivity (Wildman–Crippen MR) is 87.6 cm³/mol. The van der Waals surface area contributed by atoms with Crippen LogP contribution in [0, 0.1) is 6.92 Å². The minimum Gasteiger partial charge on any atom is -0.372 e. The third-order valence-electron chi connectivity index (χ3n) is 3.99. The van der Waals surface area contributed by atoms with Gasteiger partial charge in [-0.05, 0) is 55.7 Å². The van der Waals surface area contributed by atoms with Gasteiger partial charge in [-0.1, -0.05) is 0 Å². The summed E-state index contributed by atoms with van der Waals surface area (Å²) >= 11 is 0. The van der Waals surface area contributed by atoms with E-state index in [4.69, 9.17) is 0 Å². The lowest BCUT2D eigenvalue weighted by atomic mass is 10.1. The second-order valence-electron chi connectivity index (χ2n) is 5.56. The highest BCUT2D eigenvalue weighted by Crippen LogP contribution is 2.22. The van der Waals surface area contributed by atoms with Gasteiger partial charge in [-0.15, -0.1) is 0 Å². The van der Waals surface area contributed by atoms with Gasteiger partial charge in [-0.25, -0.2) is 0 Å². The zero-order valence-electron chi connectivity index (χ0n) is 12.6. The van der Waals surface area contributed by atoms with E-state index in [1.165, 1.54) is 18.5 Å². The molecule has 5 nitrogen and oxygen atoms in total. The molecule has 114 valence electrons. The van der Waals surface area contributed by atoms with Crippen molar-refractivity contribution in [1.82, 2.24) is 4.98 Å². The maximum atomic E-state index is 12.3. The van der Waals surface area contributed by atoms with Crippen LogP contribution in [-0.4, -0.2) is 24.0 Å². The normalized spacial score (nSPS) is 14.1. The number of amides is 1. The number of hydrogen-bond acceptors (Lipinski definition) is 3. The fourth-order valence-electron chi connectivity index (χ4n) is 2.78. The molecule has 0 atom stereocenters. The Bertz CT molecular complexity index is 728. The topological polar surface area (TPSA) is 65.2 Å². The van der Waals surface area contributed by atoms with Gasteiger partial charge in [0.1, 0.15) is 5.56 Å². The molecule has 1 amide bonds.